The van der Waals surface area contributed by atoms with Crippen LogP contribution in [0, 0.1) is 0 Å². The molecule has 0 bridgehead atoms. The third kappa shape index (κ3) is 3.74. The first kappa shape index (κ1) is 21.5. The Balaban J connectivity index is 1.43. The fourth-order valence-corrected chi connectivity index (χ4v) is 5.59. The van der Waals surface area contributed by atoms with Gasteiger partial charge in [0.1, 0.15) is 17.2 Å². The largest absolute Gasteiger partial charge is 0.367 e. The molecule has 0 radical (unpaired) electrons. The quantitative estimate of drug-likeness (QED) is 0.442. The van der Waals surface area contributed by atoms with Crippen LogP contribution in [0.3, 0.4) is 0 Å². The van der Waals surface area contributed by atoms with Crippen molar-refractivity contribution in [2.45, 2.75) is 49.8 Å². The van der Waals surface area contributed by atoms with Crippen molar-refractivity contribution >= 4 is 11.1 Å². The van der Waals surface area contributed by atoms with Gasteiger partial charge in [0.15, 0.2) is 0 Å². The number of benzene rings is 1. The van der Waals surface area contributed by atoms with Crippen LogP contribution in [0.4, 0.5) is 0 Å². The van der Waals surface area contributed by atoms with Crippen LogP contribution in [0.5, 0.6) is 0 Å². The molecule has 7 nitrogen and oxygen atoms in total. The molecule has 1 aromatic carbocycles. The van der Waals surface area contributed by atoms with Gasteiger partial charge in [0, 0.05) is 19.1 Å². The molecule has 2 aliphatic heterocycles. The molecule has 3 aliphatic rings. The first-order valence-electron chi connectivity index (χ1n) is 12.4. The number of H-pyrrole nitrogens is 2. The molecule has 4 heterocycles. The van der Waals surface area contributed by atoms with Crippen molar-refractivity contribution in [3.8, 4) is 0 Å². The van der Waals surface area contributed by atoms with Gasteiger partial charge < -0.3 is 25.3 Å². The van der Waals surface area contributed by atoms with Crippen LogP contribution in [-0.4, -0.2) is 40.1 Å². The lowest BCUT2D eigenvalue weighted by atomic mass is 9.79. The molecule has 0 spiro atoms. The number of nitrogens with zero attached hydrogens (tertiary/aromatic N) is 2. The second-order valence-electron chi connectivity index (χ2n) is 9.48. The Hall–Kier alpha value is -3.00. The number of methoxy groups -OCH3 is 1. The minimum Gasteiger partial charge on any atom is -0.367 e. The Labute approximate surface area is 200 Å². The molecular formula is C27H32N6O. The number of imidazole rings is 2. The van der Waals surface area contributed by atoms with Crippen LogP contribution in [0.2, 0.25) is 0 Å². The van der Waals surface area contributed by atoms with E-state index in [1.54, 1.807) is 7.11 Å². The number of allylic oxidation sites excluding steroid dienone is 2. The van der Waals surface area contributed by atoms with E-state index in [4.69, 9.17) is 14.7 Å². The van der Waals surface area contributed by atoms with Gasteiger partial charge in [0.05, 0.1) is 35.9 Å². The maximum Gasteiger partial charge on any atom is 0.139 e. The average molecular weight is 457 g/mol. The highest BCUT2D eigenvalue weighted by atomic mass is 16.5. The van der Waals surface area contributed by atoms with E-state index in [2.05, 4.69) is 63.1 Å². The molecule has 1 unspecified atom stereocenters. The molecule has 34 heavy (non-hydrogen) atoms. The number of hydrogen-bond donors (Lipinski definition) is 4. The molecule has 3 aromatic rings. The van der Waals surface area contributed by atoms with Crippen LogP contribution in [0.1, 0.15) is 72.8 Å². The fraction of sp³-hybridized carbons (Fsp3) is 0.407. The second-order valence-corrected chi connectivity index (χ2v) is 9.48. The molecule has 2 fully saturated rings. The standard InChI is InChI=1S/C27H32N6O/c1-34-27(24-17-31-26(33-24)22-10-6-14-29-22)12-11-19(18-7-3-2-4-8-18)15-20(27)23-16-30-25(32-23)21-9-5-13-28-21/h2-4,7-8,11,15-17,21-22,28-29H,5-6,9-10,12-14H2,1H3,(H,30,32)(H,31,33)/t21-,22-,27?/m0/s1. The third-order valence-corrected chi connectivity index (χ3v) is 7.50. The number of nitrogens with one attached hydrogen (secondary N) is 4. The Morgan fingerprint density at radius 1 is 0.912 bits per heavy atom. The Bertz CT molecular complexity index is 1200. The second kappa shape index (κ2) is 8.98. The molecular weight excluding hydrogens is 424 g/mol. The predicted octanol–water partition coefficient (Wildman–Crippen LogP) is 4.39. The van der Waals surface area contributed by atoms with Gasteiger partial charge in [-0.25, -0.2) is 9.97 Å². The maximum atomic E-state index is 6.36. The van der Waals surface area contributed by atoms with E-state index in [1.807, 2.05) is 12.4 Å². The Morgan fingerprint density at radius 2 is 1.62 bits per heavy atom. The number of hydrogen-bond acceptors (Lipinski definition) is 5. The number of aromatic nitrogens is 4. The monoisotopic (exact) mass is 456 g/mol. The molecule has 1 aliphatic carbocycles. The minimum atomic E-state index is -0.672. The van der Waals surface area contributed by atoms with Crippen molar-refractivity contribution in [1.29, 1.82) is 0 Å². The predicted molar refractivity (Wildman–Crippen MR) is 133 cm³/mol. The van der Waals surface area contributed by atoms with Crippen molar-refractivity contribution in [2.24, 2.45) is 0 Å². The SMILES string of the molecule is COC1(c2cnc([C@@H]3CCCN3)[nH]2)CC=C(c2ccccc2)C=C1c1cnc([C@@H]2CCCN2)[nH]1. The summed E-state index contributed by atoms with van der Waals surface area (Å²) in [5, 5.41) is 7.09. The summed E-state index contributed by atoms with van der Waals surface area (Å²) < 4.78 is 6.36. The number of aromatic amines is 2. The third-order valence-electron chi connectivity index (χ3n) is 7.50. The van der Waals surface area contributed by atoms with Gasteiger partial charge in [-0.2, -0.15) is 0 Å². The van der Waals surface area contributed by atoms with E-state index in [-0.39, 0.29) is 12.1 Å². The number of ether oxygens (including phenoxy) is 1. The summed E-state index contributed by atoms with van der Waals surface area (Å²) in [5.41, 5.74) is 4.75. The summed E-state index contributed by atoms with van der Waals surface area (Å²) in [5.74, 6) is 1.98. The molecule has 4 N–H and O–H groups in total. The zero-order valence-electron chi connectivity index (χ0n) is 19.6. The molecule has 0 saturated carbocycles. The van der Waals surface area contributed by atoms with Crippen molar-refractivity contribution in [2.75, 3.05) is 20.2 Å². The minimum absolute atomic E-state index is 0.279. The van der Waals surface area contributed by atoms with Gasteiger partial charge in [0.25, 0.3) is 0 Å². The summed E-state index contributed by atoms with van der Waals surface area (Å²) >= 11 is 0. The molecule has 2 aromatic heterocycles. The molecule has 7 heteroatoms. The first-order valence-corrected chi connectivity index (χ1v) is 12.4. The Morgan fingerprint density at radius 3 is 2.29 bits per heavy atom. The first-order chi connectivity index (χ1) is 16.8. The van der Waals surface area contributed by atoms with E-state index in [0.717, 1.165) is 54.5 Å². The van der Waals surface area contributed by atoms with Crippen molar-refractivity contribution in [3.05, 3.63) is 83.5 Å². The van der Waals surface area contributed by atoms with Crippen molar-refractivity contribution in [1.82, 2.24) is 30.6 Å². The molecule has 3 atom stereocenters. The normalized spacial score (nSPS) is 27.1. The van der Waals surface area contributed by atoms with E-state index in [1.165, 1.54) is 24.0 Å². The lowest BCUT2D eigenvalue weighted by molar-refractivity contribution is 0.0368. The van der Waals surface area contributed by atoms with Crippen molar-refractivity contribution < 1.29 is 4.74 Å². The van der Waals surface area contributed by atoms with E-state index < -0.39 is 5.60 Å². The zero-order chi connectivity index (χ0) is 23.0. The molecule has 6 rings (SSSR count). The van der Waals surface area contributed by atoms with E-state index >= 15 is 0 Å². The van der Waals surface area contributed by atoms with Crippen LogP contribution < -0.4 is 10.6 Å². The van der Waals surface area contributed by atoms with Gasteiger partial charge >= 0.3 is 0 Å². The van der Waals surface area contributed by atoms with Crippen LogP contribution in [0.25, 0.3) is 11.1 Å². The summed E-state index contributed by atoms with van der Waals surface area (Å²) in [7, 11) is 1.79. The summed E-state index contributed by atoms with van der Waals surface area (Å²) in [6.45, 7) is 2.08. The molecule has 2 saturated heterocycles. The maximum absolute atomic E-state index is 6.36. The lowest BCUT2D eigenvalue weighted by Crippen LogP contribution is -2.32. The van der Waals surface area contributed by atoms with Crippen molar-refractivity contribution in [3.63, 3.8) is 0 Å². The van der Waals surface area contributed by atoms with Gasteiger partial charge in [-0.3, -0.25) is 0 Å². The smallest absolute Gasteiger partial charge is 0.139 e. The van der Waals surface area contributed by atoms with Gasteiger partial charge in [-0.1, -0.05) is 36.4 Å². The Kier molecular flexibility index (Phi) is 5.69. The van der Waals surface area contributed by atoms with Crippen LogP contribution >= 0.6 is 0 Å². The zero-order valence-corrected chi connectivity index (χ0v) is 19.6. The highest BCUT2D eigenvalue weighted by Gasteiger charge is 2.42. The van der Waals surface area contributed by atoms with Crippen LogP contribution in [-0.2, 0) is 10.3 Å². The summed E-state index contributed by atoms with van der Waals surface area (Å²) in [6, 6.07) is 11.1. The lowest BCUT2D eigenvalue weighted by Gasteiger charge is -2.35. The summed E-state index contributed by atoms with van der Waals surface area (Å²) in [6.07, 6.45) is 13.7. The molecule has 0 amide bonds. The molecule has 176 valence electrons. The van der Waals surface area contributed by atoms with E-state index in [0.29, 0.717) is 6.42 Å². The average Bonchev–Trinajstić information content (AvgIpc) is 3.71. The topological polar surface area (TPSA) is 90.7 Å². The highest BCUT2D eigenvalue weighted by molar-refractivity contribution is 5.88. The number of rotatable bonds is 6. The van der Waals surface area contributed by atoms with Gasteiger partial charge in [-0.05, 0) is 56.0 Å². The van der Waals surface area contributed by atoms with Gasteiger partial charge in [-0.15, -0.1) is 0 Å². The van der Waals surface area contributed by atoms with E-state index in [9.17, 15) is 0 Å². The highest BCUT2D eigenvalue weighted by Crippen LogP contribution is 2.46. The van der Waals surface area contributed by atoms with Gasteiger partial charge in [0.2, 0.25) is 0 Å². The van der Waals surface area contributed by atoms with Crippen LogP contribution in [0.15, 0.2) is 54.9 Å². The fourth-order valence-electron chi connectivity index (χ4n) is 5.59. The summed E-state index contributed by atoms with van der Waals surface area (Å²) in [4.78, 5) is 16.8.